The van der Waals surface area contributed by atoms with Gasteiger partial charge in [0.2, 0.25) is 0 Å². The molecule has 1 heterocycles. The fourth-order valence-electron chi connectivity index (χ4n) is 2.31. The molecule has 1 aliphatic heterocycles. The summed E-state index contributed by atoms with van der Waals surface area (Å²) in [6.07, 6.45) is 0. The Bertz CT molecular complexity index is 796. The first-order valence-corrected chi connectivity index (χ1v) is 6.78. The Morgan fingerprint density at radius 3 is 2.11 bits per heavy atom. The number of fused-ring (bicyclic) bond motifs is 4. The van der Waals surface area contributed by atoms with Crippen LogP contribution in [-0.4, -0.2) is 0 Å². The topological polar surface area (TPSA) is 18.5 Å². The molecular formula is C16H9BrO2. The van der Waals surface area contributed by atoms with Gasteiger partial charge in [0.05, 0.1) is 0 Å². The lowest BCUT2D eigenvalue weighted by molar-refractivity contribution is 0.363. The van der Waals surface area contributed by atoms with Crippen molar-refractivity contribution in [3.05, 3.63) is 59.1 Å². The van der Waals surface area contributed by atoms with E-state index in [1.165, 1.54) is 0 Å². The SMILES string of the molecule is Brc1cc2c(c3ccccc13)Oc1ccccc1O2. The number of hydrogen-bond acceptors (Lipinski definition) is 2. The number of hydrogen-bond donors (Lipinski definition) is 0. The van der Waals surface area contributed by atoms with Crippen LogP contribution >= 0.6 is 15.9 Å². The van der Waals surface area contributed by atoms with Crippen LogP contribution in [-0.2, 0) is 0 Å². The second-order valence-electron chi connectivity index (χ2n) is 4.38. The van der Waals surface area contributed by atoms with Gasteiger partial charge in [0.25, 0.3) is 0 Å². The molecule has 0 bridgehead atoms. The predicted octanol–water partition coefficient (Wildman–Crippen LogP) is 5.50. The van der Waals surface area contributed by atoms with Gasteiger partial charge in [-0.25, -0.2) is 0 Å². The van der Waals surface area contributed by atoms with Gasteiger partial charge in [-0.2, -0.15) is 0 Å². The minimum Gasteiger partial charge on any atom is -0.449 e. The lowest BCUT2D eigenvalue weighted by Gasteiger charge is -2.22. The molecule has 92 valence electrons. The summed E-state index contributed by atoms with van der Waals surface area (Å²) in [5.74, 6) is 3.02. The van der Waals surface area contributed by atoms with E-state index in [2.05, 4.69) is 22.0 Å². The highest BCUT2D eigenvalue weighted by atomic mass is 79.9. The first-order valence-electron chi connectivity index (χ1n) is 5.99. The molecule has 4 rings (SSSR count). The van der Waals surface area contributed by atoms with E-state index in [4.69, 9.17) is 9.47 Å². The minimum absolute atomic E-state index is 0.740. The summed E-state index contributed by atoms with van der Waals surface area (Å²) >= 11 is 3.58. The number of benzene rings is 3. The Labute approximate surface area is 118 Å². The molecule has 0 atom stereocenters. The lowest BCUT2D eigenvalue weighted by atomic mass is 10.1. The summed E-state index contributed by atoms with van der Waals surface area (Å²) in [7, 11) is 0. The van der Waals surface area contributed by atoms with Gasteiger partial charge < -0.3 is 9.47 Å². The molecule has 0 aromatic heterocycles. The molecule has 1 aliphatic rings. The van der Waals surface area contributed by atoms with Crippen LogP contribution in [0.2, 0.25) is 0 Å². The monoisotopic (exact) mass is 312 g/mol. The molecule has 0 N–H and O–H groups in total. The van der Waals surface area contributed by atoms with E-state index in [0.29, 0.717) is 0 Å². The fraction of sp³-hybridized carbons (Fsp3) is 0. The first-order chi connectivity index (χ1) is 9.33. The van der Waals surface area contributed by atoms with Crippen molar-refractivity contribution >= 4 is 26.7 Å². The summed E-state index contributed by atoms with van der Waals surface area (Å²) in [5, 5.41) is 2.16. The van der Waals surface area contributed by atoms with Crippen LogP contribution in [0.1, 0.15) is 0 Å². The van der Waals surface area contributed by atoms with E-state index in [-0.39, 0.29) is 0 Å². The van der Waals surface area contributed by atoms with E-state index in [0.717, 1.165) is 38.2 Å². The molecule has 0 fully saturated rings. The highest BCUT2D eigenvalue weighted by Crippen LogP contribution is 2.49. The van der Waals surface area contributed by atoms with Crippen molar-refractivity contribution < 1.29 is 9.47 Å². The van der Waals surface area contributed by atoms with Gasteiger partial charge in [0.1, 0.15) is 0 Å². The smallest absolute Gasteiger partial charge is 0.178 e. The fourth-order valence-corrected chi connectivity index (χ4v) is 2.86. The summed E-state index contributed by atoms with van der Waals surface area (Å²) in [6, 6.07) is 17.7. The number of rotatable bonds is 0. The minimum atomic E-state index is 0.740. The molecule has 0 aliphatic carbocycles. The molecule has 0 saturated carbocycles. The maximum Gasteiger partial charge on any atom is 0.178 e. The third-order valence-electron chi connectivity index (χ3n) is 3.19. The normalized spacial score (nSPS) is 12.3. The Morgan fingerprint density at radius 1 is 0.684 bits per heavy atom. The maximum atomic E-state index is 6.00. The van der Waals surface area contributed by atoms with Crippen LogP contribution in [0.5, 0.6) is 23.0 Å². The molecule has 0 amide bonds. The van der Waals surface area contributed by atoms with Crippen molar-refractivity contribution in [1.82, 2.24) is 0 Å². The molecule has 0 unspecified atom stereocenters. The van der Waals surface area contributed by atoms with Gasteiger partial charge in [0.15, 0.2) is 23.0 Å². The second-order valence-corrected chi connectivity index (χ2v) is 5.24. The molecule has 3 heteroatoms. The van der Waals surface area contributed by atoms with Crippen LogP contribution in [0.15, 0.2) is 59.1 Å². The van der Waals surface area contributed by atoms with Gasteiger partial charge >= 0.3 is 0 Å². The molecule has 19 heavy (non-hydrogen) atoms. The average Bonchev–Trinajstić information content (AvgIpc) is 2.46. The molecular weight excluding hydrogens is 304 g/mol. The lowest BCUT2D eigenvalue weighted by Crippen LogP contribution is -1.99. The van der Waals surface area contributed by atoms with Gasteiger partial charge in [0, 0.05) is 9.86 Å². The maximum absolute atomic E-state index is 6.00. The second kappa shape index (κ2) is 4.00. The first kappa shape index (κ1) is 10.9. The molecule has 3 aromatic carbocycles. The summed E-state index contributed by atoms with van der Waals surface area (Å²) in [5.41, 5.74) is 0. The van der Waals surface area contributed by atoms with Crippen LogP contribution in [0, 0.1) is 0 Å². The van der Waals surface area contributed by atoms with Gasteiger partial charge in [-0.3, -0.25) is 0 Å². The van der Waals surface area contributed by atoms with Crippen LogP contribution in [0.25, 0.3) is 10.8 Å². The van der Waals surface area contributed by atoms with E-state index in [1.807, 2.05) is 48.5 Å². The van der Waals surface area contributed by atoms with Gasteiger partial charge in [-0.1, -0.05) is 52.3 Å². The molecule has 3 aromatic rings. The number of halogens is 1. The van der Waals surface area contributed by atoms with Gasteiger partial charge in [-0.15, -0.1) is 0 Å². The molecule has 0 spiro atoms. The number of ether oxygens (including phenoxy) is 2. The van der Waals surface area contributed by atoms with E-state index >= 15 is 0 Å². The van der Waals surface area contributed by atoms with Gasteiger partial charge in [-0.05, 0) is 23.6 Å². The van der Waals surface area contributed by atoms with Crippen molar-refractivity contribution in [3.8, 4) is 23.0 Å². The third-order valence-corrected chi connectivity index (χ3v) is 3.85. The molecule has 0 radical (unpaired) electrons. The van der Waals surface area contributed by atoms with Crippen molar-refractivity contribution in [1.29, 1.82) is 0 Å². The van der Waals surface area contributed by atoms with Crippen molar-refractivity contribution in [2.45, 2.75) is 0 Å². The van der Waals surface area contributed by atoms with Crippen molar-refractivity contribution in [3.63, 3.8) is 0 Å². The van der Waals surface area contributed by atoms with Crippen LogP contribution in [0.4, 0.5) is 0 Å². The van der Waals surface area contributed by atoms with Crippen LogP contribution in [0.3, 0.4) is 0 Å². The van der Waals surface area contributed by atoms with E-state index < -0.39 is 0 Å². The highest BCUT2D eigenvalue weighted by Gasteiger charge is 2.21. The zero-order valence-corrected chi connectivity index (χ0v) is 11.5. The standard InChI is InChI=1S/C16H9BrO2/c17-12-9-15-16(11-6-2-1-5-10(11)12)19-14-8-4-3-7-13(14)18-15/h1-9H. The Balaban J connectivity index is 2.01. The predicted molar refractivity (Wildman–Crippen MR) is 78.2 cm³/mol. The molecule has 2 nitrogen and oxygen atoms in total. The van der Waals surface area contributed by atoms with Crippen molar-refractivity contribution in [2.24, 2.45) is 0 Å². The Hall–Kier alpha value is -2.00. The highest BCUT2D eigenvalue weighted by molar-refractivity contribution is 9.10. The summed E-state index contributed by atoms with van der Waals surface area (Å²) in [6.45, 7) is 0. The largest absolute Gasteiger partial charge is 0.449 e. The van der Waals surface area contributed by atoms with E-state index in [1.54, 1.807) is 0 Å². The third kappa shape index (κ3) is 1.62. The molecule has 0 saturated heterocycles. The Morgan fingerprint density at radius 2 is 1.32 bits per heavy atom. The van der Waals surface area contributed by atoms with E-state index in [9.17, 15) is 0 Å². The Kier molecular flexibility index (Phi) is 2.29. The average molecular weight is 313 g/mol. The van der Waals surface area contributed by atoms with Crippen molar-refractivity contribution in [2.75, 3.05) is 0 Å². The summed E-state index contributed by atoms with van der Waals surface area (Å²) < 4.78 is 12.9. The number of para-hydroxylation sites is 2. The zero-order chi connectivity index (χ0) is 12.8. The quantitative estimate of drug-likeness (QED) is 0.427. The van der Waals surface area contributed by atoms with Crippen LogP contribution < -0.4 is 9.47 Å². The zero-order valence-electron chi connectivity index (χ0n) is 9.89. The summed E-state index contributed by atoms with van der Waals surface area (Å²) in [4.78, 5) is 0.